The van der Waals surface area contributed by atoms with E-state index in [1.807, 2.05) is 0 Å². The standard InChI is InChI=1S/C6H9N6O6/c7-16-10(13)4-1-2-5(11(14)17-8)6(3-4)12(15)18-9/h1-3H,7-9H2/q-3. The average Bonchev–Trinajstić information content (AvgIpc) is 2.43. The van der Waals surface area contributed by atoms with Crippen LogP contribution in [0.4, 0.5) is 17.1 Å². The largest absolute Gasteiger partial charge is 0.732 e. The van der Waals surface area contributed by atoms with Crippen LogP contribution in [-0.4, -0.2) is 0 Å². The van der Waals surface area contributed by atoms with Crippen LogP contribution in [0.2, 0.25) is 0 Å². The van der Waals surface area contributed by atoms with Gasteiger partial charge in [-0.05, 0) is 18.2 Å². The first-order valence-electron chi connectivity index (χ1n) is 4.21. The first kappa shape index (κ1) is 14.3. The quantitative estimate of drug-likeness (QED) is 0.532. The van der Waals surface area contributed by atoms with Gasteiger partial charge in [-0.3, -0.25) is 15.7 Å². The molecule has 1 aromatic rings. The van der Waals surface area contributed by atoms with Crippen molar-refractivity contribution in [1.29, 1.82) is 0 Å². The van der Waals surface area contributed by atoms with E-state index in [1.54, 1.807) is 0 Å². The lowest BCUT2D eigenvalue weighted by Gasteiger charge is -2.35. The number of hydrogen-bond acceptors (Lipinski definition) is 12. The maximum atomic E-state index is 11.2. The lowest BCUT2D eigenvalue weighted by atomic mass is 10.2. The molecule has 18 heavy (non-hydrogen) atoms. The molecule has 0 aliphatic heterocycles. The van der Waals surface area contributed by atoms with E-state index in [-0.39, 0.29) is 27.1 Å². The van der Waals surface area contributed by atoms with Gasteiger partial charge in [0, 0.05) is 0 Å². The van der Waals surface area contributed by atoms with Gasteiger partial charge in [0.1, 0.15) is 0 Å². The second kappa shape index (κ2) is 6.26. The van der Waals surface area contributed by atoms with Crippen molar-refractivity contribution < 1.29 is 14.8 Å². The van der Waals surface area contributed by atoms with E-state index < -0.39 is 5.69 Å². The fourth-order valence-corrected chi connectivity index (χ4v) is 1.10. The Hall–Kier alpha value is -1.74. The maximum absolute atomic E-state index is 11.2. The van der Waals surface area contributed by atoms with Gasteiger partial charge in [0.15, 0.2) is 0 Å². The van der Waals surface area contributed by atoms with Gasteiger partial charge >= 0.3 is 0 Å². The summed E-state index contributed by atoms with van der Waals surface area (Å²) in [5.41, 5.74) is -1.000. The zero-order valence-corrected chi connectivity index (χ0v) is 8.76. The van der Waals surface area contributed by atoms with Crippen molar-refractivity contribution in [3.63, 3.8) is 0 Å². The molecule has 102 valence electrons. The molecule has 0 saturated heterocycles. The van der Waals surface area contributed by atoms with E-state index in [0.29, 0.717) is 0 Å². The van der Waals surface area contributed by atoms with Crippen molar-refractivity contribution in [2.75, 3.05) is 15.7 Å². The Kier molecular flexibility index (Phi) is 4.98. The molecule has 0 atom stereocenters. The molecule has 0 aromatic heterocycles. The third kappa shape index (κ3) is 2.93. The highest BCUT2D eigenvalue weighted by Gasteiger charge is 2.09. The fraction of sp³-hybridized carbons (Fsp3) is 0. The monoisotopic (exact) mass is 261 g/mol. The van der Waals surface area contributed by atoms with E-state index in [0.717, 1.165) is 18.2 Å². The van der Waals surface area contributed by atoms with Crippen molar-refractivity contribution in [2.24, 2.45) is 17.7 Å². The highest BCUT2D eigenvalue weighted by Crippen LogP contribution is 2.32. The number of rotatable bonds is 6. The van der Waals surface area contributed by atoms with Crippen LogP contribution in [0, 0.1) is 15.6 Å². The van der Waals surface area contributed by atoms with Crippen LogP contribution in [0.5, 0.6) is 0 Å². The van der Waals surface area contributed by atoms with Crippen LogP contribution < -0.4 is 33.4 Å². The summed E-state index contributed by atoms with van der Waals surface area (Å²) < 4.78 is 0. The molecule has 0 amide bonds. The van der Waals surface area contributed by atoms with Gasteiger partial charge in [0.2, 0.25) is 0 Å². The Morgan fingerprint density at radius 3 is 1.78 bits per heavy atom. The molecule has 0 fully saturated rings. The molecule has 6 N–H and O–H groups in total. The molecular weight excluding hydrogens is 252 g/mol. The van der Waals surface area contributed by atoms with E-state index >= 15 is 0 Å². The van der Waals surface area contributed by atoms with Crippen molar-refractivity contribution in [2.45, 2.75) is 0 Å². The maximum Gasteiger partial charge on any atom is 0.0799 e. The summed E-state index contributed by atoms with van der Waals surface area (Å²) in [6.45, 7) is 0. The molecule has 0 radical (unpaired) electrons. The zero-order chi connectivity index (χ0) is 13.7. The van der Waals surface area contributed by atoms with E-state index in [2.05, 4.69) is 32.5 Å². The van der Waals surface area contributed by atoms with Crippen LogP contribution in [0.1, 0.15) is 0 Å². The first-order chi connectivity index (χ1) is 8.54. The molecule has 0 bridgehead atoms. The summed E-state index contributed by atoms with van der Waals surface area (Å²) >= 11 is 0. The molecule has 0 aliphatic carbocycles. The van der Waals surface area contributed by atoms with Gasteiger partial charge in [-0.2, -0.15) is 32.5 Å². The van der Waals surface area contributed by atoms with Crippen molar-refractivity contribution in [3.8, 4) is 0 Å². The third-order valence-corrected chi connectivity index (χ3v) is 1.85. The third-order valence-electron chi connectivity index (χ3n) is 1.85. The van der Waals surface area contributed by atoms with Crippen molar-refractivity contribution in [3.05, 3.63) is 33.8 Å². The summed E-state index contributed by atoms with van der Waals surface area (Å²) in [7, 11) is 0. The number of nitrogens with two attached hydrogens (primary N) is 3. The molecule has 12 nitrogen and oxygen atoms in total. The van der Waals surface area contributed by atoms with Crippen LogP contribution in [0.15, 0.2) is 18.2 Å². The Morgan fingerprint density at radius 1 is 0.778 bits per heavy atom. The topological polar surface area (TPSA) is 185 Å². The minimum absolute atomic E-state index is 0.115. The van der Waals surface area contributed by atoms with Crippen LogP contribution in [-0.2, 0) is 14.8 Å². The van der Waals surface area contributed by atoms with Gasteiger partial charge < -0.3 is 15.6 Å². The second-order valence-electron chi connectivity index (χ2n) is 2.76. The van der Waals surface area contributed by atoms with Gasteiger partial charge in [-0.15, -0.1) is 0 Å². The normalized spacial score (nSPS) is 10.3. The predicted molar refractivity (Wildman–Crippen MR) is 59.8 cm³/mol. The summed E-state index contributed by atoms with van der Waals surface area (Å²) in [5.74, 6) is 13.9. The minimum atomic E-state index is -0.451. The Morgan fingerprint density at radius 2 is 1.28 bits per heavy atom. The highest BCUT2D eigenvalue weighted by atomic mass is 17.0. The first-order valence-corrected chi connectivity index (χ1v) is 4.21. The molecule has 0 unspecified atom stereocenters. The number of benzene rings is 1. The van der Waals surface area contributed by atoms with Gasteiger partial charge in [0.05, 0.1) is 17.1 Å². The zero-order valence-electron chi connectivity index (χ0n) is 8.76. The summed E-state index contributed by atoms with van der Waals surface area (Å²) in [5, 5.41) is 32.9. The van der Waals surface area contributed by atoms with E-state index in [9.17, 15) is 15.6 Å². The fourth-order valence-electron chi connectivity index (χ4n) is 1.10. The van der Waals surface area contributed by atoms with Gasteiger partial charge in [-0.25, -0.2) is 0 Å². The SMILES string of the molecule is NON([O-])c1ccc(N([O-])ON)c(N([O-])ON)c1. The summed E-state index contributed by atoms with van der Waals surface area (Å²) in [4.78, 5) is 11.6. The van der Waals surface area contributed by atoms with Crippen molar-refractivity contribution >= 4 is 17.1 Å². The summed E-state index contributed by atoms with van der Waals surface area (Å²) in [6.07, 6.45) is 0. The Balaban J connectivity index is 3.20. The molecule has 0 heterocycles. The van der Waals surface area contributed by atoms with Gasteiger partial charge in [0.25, 0.3) is 0 Å². The molecule has 12 heteroatoms. The Labute approximate surface area is 100 Å². The Bertz CT molecular complexity index is 393. The lowest BCUT2D eigenvalue weighted by Crippen LogP contribution is -2.26. The highest BCUT2D eigenvalue weighted by molar-refractivity contribution is 5.75. The number of hydrogen-bond donors (Lipinski definition) is 3. The van der Waals surface area contributed by atoms with Crippen LogP contribution >= 0.6 is 0 Å². The number of nitrogens with zero attached hydrogens (tertiary/aromatic N) is 3. The van der Waals surface area contributed by atoms with Crippen molar-refractivity contribution in [1.82, 2.24) is 0 Å². The minimum Gasteiger partial charge on any atom is -0.732 e. The lowest BCUT2D eigenvalue weighted by molar-refractivity contribution is 0.126. The van der Waals surface area contributed by atoms with E-state index in [4.69, 9.17) is 0 Å². The van der Waals surface area contributed by atoms with Crippen LogP contribution in [0.25, 0.3) is 0 Å². The average molecular weight is 261 g/mol. The van der Waals surface area contributed by atoms with E-state index in [1.165, 1.54) is 0 Å². The van der Waals surface area contributed by atoms with Gasteiger partial charge in [-0.1, -0.05) is 0 Å². The molecule has 1 rings (SSSR count). The molecule has 1 aromatic carbocycles. The molecule has 0 spiro atoms. The second-order valence-corrected chi connectivity index (χ2v) is 2.76. The van der Waals surface area contributed by atoms with Crippen LogP contribution in [0.3, 0.4) is 0 Å². The summed E-state index contributed by atoms with van der Waals surface area (Å²) in [6, 6.07) is 3.07. The smallest absolute Gasteiger partial charge is 0.0799 e. The predicted octanol–water partition coefficient (Wildman–Crippen LogP) is -0.985. The number of anilines is 3. The molecular formula is C6H9N6O6-3. The molecule has 0 aliphatic rings. The molecule has 0 saturated carbocycles.